The predicted molar refractivity (Wildman–Crippen MR) is 173 cm³/mol. The maximum atomic E-state index is 2.50. The minimum atomic E-state index is -0.0112. The van der Waals surface area contributed by atoms with Crippen LogP contribution in [0.15, 0.2) is 79.4 Å². The van der Waals surface area contributed by atoms with Crippen molar-refractivity contribution < 1.29 is 4.57 Å². The van der Waals surface area contributed by atoms with Crippen LogP contribution in [0.3, 0.4) is 0 Å². The SMILES string of the molecule is CCCCCCCCCCCCCCCC[n+]1ccn(C(C(C)C)C(C)(Cc2ccccc2)c2ccccc2)c1. The molecule has 0 spiro atoms. The molecule has 0 saturated heterocycles. The van der Waals surface area contributed by atoms with Crippen molar-refractivity contribution in [3.8, 4) is 0 Å². The first-order valence-corrected chi connectivity index (χ1v) is 16.7. The maximum absolute atomic E-state index is 2.50. The van der Waals surface area contributed by atoms with Gasteiger partial charge in [0.15, 0.2) is 0 Å². The number of benzene rings is 2. The third kappa shape index (κ3) is 10.6. The molecule has 0 N–H and O–H groups in total. The number of rotatable bonds is 21. The van der Waals surface area contributed by atoms with Gasteiger partial charge in [0.25, 0.3) is 0 Å². The van der Waals surface area contributed by atoms with Gasteiger partial charge in [0.2, 0.25) is 6.33 Å². The summed E-state index contributed by atoms with van der Waals surface area (Å²) < 4.78 is 4.92. The fourth-order valence-electron chi connectivity index (χ4n) is 6.82. The van der Waals surface area contributed by atoms with Crippen LogP contribution in [0.25, 0.3) is 0 Å². The van der Waals surface area contributed by atoms with E-state index in [0.717, 1.165) is 13.0 Å². The van der Waals surface area contributed by atoms with Crippen LogP contribution in [-0.4, -0.2) is 4.57 Å². The Kier molecular flexibility index (Phi) is 14.6. The zero-order valence-corrected chi connectivity index (χ0v) is 26.4. The highest BCUT2D eigenvalue weighted by Gasteiger charge is 2.42. The average Bonchev–Trinajstić information content (AvgIpc) is 3.42. The highest BCUT2D eigenvalue weighted by molar-refractivity contribution is 5.31. The maximum Gasteiger partial charge on any atom is 0.244 e. The van der Waals surface area contributed by atoms with Crippen molar-refractivity contribution in [2.24, 2.45) is 5.92 Å². The summed E-state index contributed by atoms with van der Waals surface area (Å²) in [6, 6.07) is 22.6. The van der Waals surface area contributed by atoms with Crippen molar-refractivity contribution in [2.45, 2.75) is 142 Å². The van der Waals surface area contributed by atoms with E-state index in [-0.39, 0.29) is 5.41 Å². The lowest BCUT2D eigenvalue weighted by Gasteiger charge is -2.38. The van der Waals surface area contributed by atoms with E-state index in [4.69, 9.17) is 0 Å². The van der Waals surface area contributed by atoms with Crippen molar-refractivity contribution in [3.05, 3.63) is 90.5 Å². The number of unbranched alkanes of at least 4 members (excludes halogenated alkanes) is 13. The highest BCUT2D eigenvalue weighted by Crippen LogP contribution is 2.42. The summed E-state index contributed by atoms with van der Waals surface area (Å²) in [6.45, 7) is 10.7. The normalized spacial score (nSPS) is 13.9. The largest absolute Gasteiger partial charge is 0.244 e. The van der Waals surface area contributed by atoms with Gasteiger partial charge in [-0.15, -0.1) is 0 Å². The fourth-order valence-corrected chi connectivity index (χ4v) is 6.82. The number of hydrogen-bond acceptors (Lipinski definition) is 0. The van der Waals surface area contributed by atoms with Crippen molar-refractivity contribution in [1.82, 2.24) is 4.57 Å². The molecule has 1 aromatic heterocycles. The van der Waals surface area contributed by atoms with Crippen molar-refractivity contribution in [3.63, 3.8) is 0 Å². The summed E-state index contributed by atoms with van der Waals surface area (Å²) in [5, 5.41) is 0. The van der Waals surface area contributed by atoms with Crippen LogP contribution in [0.2, 0.25) is 0 Å². The molecule has 2 unspecified atom stereocenters. The van der Waals surface area contributed by atoms with Gasteiger partial charge in [-0.3, -0.25) is 0 Å². The topological polar surface area (TPSA) is 8.81 Å². The molecule has 40 heavy (non-hydrogen) atoms. The second-order valence-electron chi connectivity index (χ2n) is 12.8. The van der Waals surface area contributed by atoms with Crippen LogP contribution in [-0.2, 0) is 18.4 Å². The predicted octanol–water partition coefficient (Wildman–Crippen LogP) is 10.7. The molecule has 0 bridgehead atoms. The second-order valence-corrected chi connectivity index (χ2v) is 12.8. The third-order valence-corrected chi connectivity index (χ3v) is 8.93. The molecule has 0 aliphatic heterocycles. The standard InChI is InChI=1S/C38H59N2/c1-5-6-7-8-9-10-11-12-13-14-15-16-17-24-29-39-30-31-40(33-39)37(34(2)3)38(4,36-27-22-19-23-28-36)32-35-25-20-18-21-26-35/h18-23,25-28,30-31,33-34,37H,5-17,24,29,32H2,1-4H3/q+1. The number of hydrogen-bond donors (Lipinski definition) is 0. The first-order valence-electron chi connectivity index (χ1n) is 16.7. The Labute approximate surface area is 247 Å². The van der Waals surface area contributed by atoms with Gasteiger partial charge in [-0.05, 0) is 36.3 Å². The lowest BCUT2D eigenvalue weighted by molar-refractivity contribution is -0.697. The van der Waals surface area contributed by atoms with E-state index in [1.54, 1.807) is 0 Å². The zero-order chi connectivity index (χ0) is 28.5. The van der Waals surface area contributed by atoms with E-state index in [1.807, 2.05) is 0 Å². The third-order valence-electron chi connectivity index (χ3n) is 8.93. The molecule has 0 radical (unpaired) electrons. The molecule has 1 heterocycles. The molecule has 220 valence electrons. The molecule has 2 heteroatoms. The summed E-state index contributed by atoms with van der Waals surface area (Å²) in [4.78, 5) is 0. The van der Waals surface area contributed by atoms with E-state index in [0.29, 0.717) is 12.0 Å². The number of aromatic nitrogens is 2. The van der Waals surface area contributed by atoms with Crippen molar-refractivity contribution in [2.75, 3.05) is 0 Å². The minimum Gasteiger partial charge on any atom is -0.237 e. The Hall–Kier alpha value is -2.35. The first kappa shape index (κ1) is 32.2. The molecule has 0 saturated carbocycles. The van der Waals surface area contributed by atoms with Crippen molar-refractivity contribution in [1.29, 1.82) is 0 Å². The van der Waals surface area contributed by atoms with Gasteiger partial charge < -0.3 is 0 Å². The Balaban J connectivity index is 1.46. The lowest BCUT2D eigenvalue weighted by atomic mass is 9.68. The van der Waals surface area contributed by atoms with E-state index in [9.17, 15) is 0 Å². The molecule has 0 aliphatic carbocycles. The molecule has 2 nitrogen and oxygen atoms in total. The van der Waals surface area contributed by atoms with E-state index >= 15 is 0 Å². The summed E-state index contributed by atoms with van der Waals surface area (Å²) in [6.07, 6.45) is 27.8. The molecular weight excluding hydrogens is 484 g/mol. The number of aryl methyl sites for hydroxylation is 1. The molecule has 3 aromatic rings. The van der Waals surface area contributed by atoms with Gasteiger partial charge in [0, 0.05) is 5.41 Å². The lowest BCUT2D eigenvalue weighted by Crippen LogP contribution is -2.40. The Morgan fingerprint density at radius 1 is 0.675 bits per heavy atom. The summed E-state index contributed by atoms with van der Waals surface area (Å²) in [5.41, 5.74) is 2.81. The molecular formula is C38H59N2+. The van der Waals surface area contributed by atoms with Crippen LogP contribution in [0.1, 0.15) is 135 Å². The average molecular weight is 544 g/mol. The Morgan fingerprint density at radius 2 is 1.18 bits per heavy atom. The molecule has 2 atom stereocenters. The van der Waals surface area contributed by atoms with E-state index < -0.39 is 0 Å². The molecule has 0 aliphatic rings. The molecule has 0 amide bonds. The first-order chi connectivity index (χ1) is 19.5. The second kappa shape index (κ2) is 18.2. The summed E-state index contributed by atoms with van der Waals surface area (Å²) in [5.74, 6) is 0.510. The smallest absolute Gasteiger partial charge is 0.237 e. The number of imidazole rings is 1. The van der Waals surface area contributed by atoms with Gasteiger partial charge in [0.1, 0.15) is 18.4 Å². The summed E-state index contributed by atoms with van der Waals surface area (Å²) in [7, 11) is 0. The Morgan fingerprint density at radius 3 is 1.70 bits per heavy atom. The fraction of sp³-hybridized carbons (Fsp3) is 0.605. The van der Waals surface area contributed by atoms with Crippen molar-refractivity contribution >= 4 is 0 Å². The van der Waals surface area contributed by atoms with Gasteiger partial charge in [-0.1, -0.05) is 165 Å². The quantitative estimate of drug-likeness (QED) is 0.0933. The van der Waals surface area contributed by atoms with Crippen LogP contribution in [0.4, 0.5) is 0 Å². The number of nitrogens with zero attached hydrogens (tertiary/aromatic N) is 2. The van der Waals surface area contributed by atoms with Crippen LogP contribution in [0.5, 0.6) is 0 Å². The van der Waals surface area contributed by atoms with Crippen LogP contribution >= 0.6 is 0 Å². The Bertz CT molecular complexity index is 1020. The van der Waals surface area contributed by atoms with Gasteiger partial charge in [-0.25, -0.2) is 9.13 Å². The van der Waals surface area contributed by atoms with Crippen LogP contribution in [0, 0.1) is 5.92 Å². The van der Waals surface area contributed by atoms with Crippen LogP contribution < -0.4 is 4.57 Å². The zero-order valence-electron chi connectivity index (χ0n) is 26.4. The van der Waals surface area contributed by atoms with Gasteiger partial charge in [0.05, 0.1) is 6.54 Å². The monoisotopic (exact) mass is 543 g/mol. The molecule has 3 rings (SSSR count). The molecule has 0 fully saturated rings. The van der Waals surface area contributed by atoms with Gasteiger partial charge >= 0.3 is 0 Å². The highest BCUT2D eigenvalue weighted by atomic mass is 15.1. The summed E-state index contributed by atoms with van der Waals surface area (Å²) >= 11 is 0. The van der Waals surface area contributed by atoms with E-state index in [2.05, 4.69) is 116 Å². The minimum absolute atomic E-state index is 0.0112. The van der Waals surface area contributed by atoms with Gasteiger partial charge in [-0.2, -0.15) is 0 Å². The molecule has 2 aromatic carbocycles. The van der Waals surface area contributed by atoms with E-state index in [1.165, 1.54) is 101 Å².